The van der Waals surface area contributed by atoms with Crippen molar-refractivity contribution >= 4 is 37.1 Å². The highest BCUT2D eigenvalue weighted by molar-refractivity contribution is 7.93. The van der Waals surface area contributed by atoms with Crippen LogP contribution < -0.4 is 14.2 Å². The Morgan fingerprint density at radius 3 is 2.12 bits per heavy atom. The van der Waals surface area contributed by atoms with Crippen LogP contribution in [0.5, 0.6) is 5.75 Å². The predicted molar refractivity (Wildman–Crippen MR) is 124 cm³/mol. The number of sulfonamides is 2. The summed E-state index contributed by atoms with van der Waals surface area (Å²) in [5.41, 5.74) is 1.18. The molecule has 2 N–H and O–H groups in total. The molecule has 0 saturated heterocycles. The van der Waals surface area contributed by atoms with E-state index in [1.165, 1.54) is 31.4 Å². The van der Waals surface area contributed by atoms with Gasteiger partial charge in [0.05, 0.1) is 27.5 Å². The molecule has 0 radical (unpaired) electrons. The zero-order valence-electron chi connectivity index (χ0n) is 17.9. The maximum atomic E-state index is 12.9. The lowest BCUT2D eigenvalue weighted by molar-refractivity contribution is -0.386. The second-order valence-corrected chi connectivity index (χ2v) is 10.5. The summed E-state index contributed by atoms with van der Waals surface area (Å²) in [6, 6.07) is 14.0. The highest BCUT2D eigenvalue weighted by Gasteiger charge is 2.23. The number of methoxy groups -OCH3 is 1. The maximum absolute atomic E-state index is 12.9. The molecule has 0 aliphatic rings. The first-order chi connectivity index (χ1) is 15.4. The number of nitro groups is 1. The normalized spacial score (nSPS) is 11.6. The smallest absolute Gasteiger partial charge is 0.312 e. The van der Waals surface area contributed by atoms with Crippen LogP contribution in [-0.2, 0) is 20.0 Å². The first kappa shape index (κ1) is 24.0. The fourth-order valence-electron chi connectivity index (χ4n) is 2.98. The van der Waals surface area contributed by atoms with Crippen molar-refractivity contribution in [3.8, 4) is 5.75 Å². The molecule has 0 bridgehead atoms. The third-order valence-corrected chi connectivity index (χ3v) is 7.43. The van der Waals surface area contributed by atoms with Crippen LogP contribution in [-0.4, -0.2) is 28.9 Å². The molecule has 0 aliphatic carbocycles. The Morgan fingerprint density at radius 2 is 1.48 bits per heavy atom. The Morgan fingerprint density at radius 1 is 0.848 bits per heavy atom. The minimum Gasteiger partial charge on any atom is -0.490 e. The van der Waals surface area contributed by atoms with Gasteiger partial charge in [-0.15, -0.1) is 0 Å². The molecule has 3 aromatic rings. The zero-order chi connectivity index (χ0) is 24.4. The highest BCUT2D eigenvalue weighted by atomic mass is 32.2. The van der Waals surface area contributed by atoms with Crippen molar-refractivity contribution < 1.29 is 26.5 Å². The number of hydrogen-bond acceptors (Lipinski definition) is 7. The van der Waals surface area contributed by atoms with Gasteiger partial charge in [0.2, 0.25) is 0 Å². The van der Waals surface area contributed by atoms with E-state index in [0.29, 0.717) is 11.3 Å². The second kappa shape index (κ2) is 9.08. The van der Waals surface area contributed by atoms with E-state index in [9.17, 15) is 26.9 Å². The number of ether oxygens (including phenoxy) is 1. The van der Waals surface area contributed by atoms with Gasteiger partial charge in [0, 0.05) is 11.8 Å². The second-order valence-electron chi connectivity index (χ2n) is 7.15. The predicted octanol–water partition coefficient (Wildman–Crippen LogP) is 3.82. The fourth-order valence-corrected chi connectivity index (χ4v) is 5.20. The number of hydrogen-bond donors (Lipinski definition) is 2. The summed E-state index contributed by atoms with van der Waals surface area (Å²) >= 11 is 0. The lowest BCUT2D eigenvalue weighted by Crippen LogP contribution is -2.16. The topological polar surface area (TPSA) is 145 Å². The van der Waals surface area contributed by atoms with E-state index >= 15 is 0 Å². The molecule has 0 aliphatic heterocycles. The van der Waals surface area contributed by atoms with Crippen LogP contribution in [0.25, 0.3) is 0 Å². The van der Waals surface area contributed by atoms with Gasteiger partial charge >= 0.3 is 5.69 Å². The molecule has 0 spiro atoms. The van der Waals surface area contributed by atoms with Crippen molar-refractivity contribution in [3.63, 3.8) is 0 Å². The monoisotopic (exact) mass is 491 g/mol. The number of nitro benzene ring substituents is 1. The Bertz CT molecular complexity index is 1440. The third kappa shape index (κ3) is 5.41. The van der Waals surface area contributed by atoms with Crippen LogP contribution in [0.1, 0.15) is 11.1 Å². The minimum absolute atomic E-state index is 0.0144. The van der Waals surface area contributed by atoms with Crippen molar-refractivity contribution in [2.24, 2.45) is 0 Å². The van der Waals surface area contributed by atoms with Crippen molar-refractivity contribution in [2.75, 3.05) is 16.6 Å². The van der Waals surface area contributed by atoms with Gasteiger partial charge in [-0.2, -0.15) is 0 Å². The maximum Gasteiger partial charge on any atom is 0.312 e. The van der Waals surface area contributed by atoms with Gasteiger partial charge in [-0.3, -0.25) is 19.6 Å². The van der Waals surface area contributed by atoms with Crippen LogP contribution >= 0.6 is 0 Å². The van der Waals surface area contributed by atoms with Crippen molar-refractivity contribution in [1.29, 1.82) is 0 Å². The van der Waals surface area contributed by atoms with E-state index in [1.54, 1.807) is 25.1 Å². The fraction of sp³-hybridized carbons (Fsp3) is 0.143. The molecule has 10 nitrogen and oxygen atoms in total. The molecule has 0 saturated carbocycles. The summed E-state index contributed by atoms with van der Waals surface area (Å²) in [7, 11) is -7.05. The lowest BCUT2D eigenvalue weighted by atomic mass is 10.2. The van der Waals surface area contributed by atoms with Gasteiger partial charge < -0.3 is 4.74 Å². The average Bonchev–Trinajstić information content (AvgIpc) is 2.74. The van der Waals surface area contributed by atoms with Gasteiger partial charge in [0.15, 0.2) is 5.75 Å². The van der Waals surface area contributed by atoms with Crippen LogP contribution in [0.3, 0.4) is 0 Å². The number of nitrogens with one attached hydrogen (secondary N) is 2. The molecule has 0 amide bonds. The molecule has 0 atom stereocenters. The SMILES string of the molecule is COc1ccc(S(=O)(=O)Nc2cc(S(=O)(=O)Nc3cccc(C)c3)ccc2C)cc1[N+](=O)[O-]. The number of nitrogens with zero attached hydrogens (tertiary/aromatic N) is 1. The molecule has 0 unspecified atom stereocenters. The molecule has 12 heteroatoms. The van der Waals surface area contributed by atoms with Crippen molar-refractivity contribution in [3.05, 3.63) is 81.9 Å². The van der Waals surface area contributed by atoms with Gasteiger partial charge in [0.25, 0.3) is 20.0 Å². The van der Waals surface area contributed by atoms with Crippen LogP contribution in [0.2, 0.25) is 0 Å². The molecular weight excluding hydrogens is 470 g/mol. The van der Waals surface area contributed by atoms with E-state index < -0.39 is 30.7 Å². The molecule has 3 aromatic carbocycles. The van der Waals surface area contributed by atoms with E-state index in [-0.39, 0.29) is 21.2 Å². The summed E-state index contributed by atoms with van der Waals surface area (Å²) in [5, 5.41) is 11.2. The molecule has 174 valence electrons. The molecular formula is C21H21N3O7S2. The number of anilines is 2. The molecule has 33 heavy (non-hydrogen) atoms. The highest BCUT2D eigenvalue weighted by Crippen LogP contribution is 2.31. The molecule has 0 aromatic heterocycles. The van der Waals surface area contributed by atoms with Gasteiger partial charge in [-0.05, 0) is 61.4 Å². The van der Waals surface area contributed by atoms with E-state index in [1.807, 2.05) is 13.0 Å². The number of rotatable bonds is 8. The summed E-state index contributed by atoms with van der Waals surface area (Å²) in [5.74, 6) is -0.0922. The zero-order valence-corrected chi connectivity index (χ0v) is 19.5. The van der Waals surface area contributed by atoms with E-state index in [2.05, 4.69) is 9.44 Å². The summed E-state index contributed by atoms with van der Waals surface area (Å²) in [6.07, 6.45) is 0. The van der Waals surface area contributed by atoms with E-state index in [4.69, 9.17) is 4.74 Å². The third-order valence-electron chi connectivity index (χ3n) is 4.69. The largest absolute Gasteiger partial charge is 0.490 e. The average molecular weight is 492 g/mol. The van der Waals surface area contributed by atoms with Crippen molar-refractivity contribution in [1.82, 2.24) is 0 Å². The van der Waals surface area contributed by atoms with E-state index in [0.717, 1.165) is 17.7 Å². The first-order valence-electron chi connectivity index (χ1n) is 9.48. The Hall–Kier alpha value is -3.64. The molecule has 3 rings (SSSR count). The van der Waals surface area contributed by atoms with Gasteiger partial charge in [0.1, 0.15) is 0 Å². The standard InChI is InChI=1S/C21H21N3O7S2/c1-14-5-4-6-16(11-14)22-32(27,28)17-8-7-15(2)19(12-17)23-33(29,30)18-9-10-21(31-3)20(13-18)24(25)26/h4-13,22-23H,1-3H3. The summed E-state index contributed by atoms with van der Waals surface area (Å²) < 4.78 is 61.1. The van der Waals surface area contributed by atoms with Crippen LogP contribution in [0.15, 0.2) is 70.5 Å². The van der Waals surface area contributed by atoms with Gasteiger partial charge in [-0.1, -0.05) is 18.2 Å². The summed E-state index contributed by atoms with van der Waals surface area (Å²) in [6.45, 7) is 3.42. The minimum atomic E-state index is -4.27. The summed E-state index contributed by atoms with van der Waals surface area (Å²) in [4.78, 5) is 9.94. The Labute approximate surface area is 191 Å². The molecule has 0 fully saturated rings. The lowest BCUT2D eigenvalue weighted by Gasteiger charge is -2.14. The quantitative estimate of drug-likeness (QED) is 0.360. The molecule has 0 heterocycles. The number of aryl methyl sites for hydroxylation is 2. The van der Waals surface area contributed by atoms with Crippen LogP contribution in [0, 0.1) is 24.0 Å². The first-order valence-corrected chi connectivity index (χ1v) is 12.4. The number of benzene rings is 3. The van der Waals surface area contributed by atoms with Crippen LogP contribution in [0.4, 0.5) is 17.1 Å². The Kier molecular flexibility index (Phi) is 6.60. The van der Waals surface area contributed by atoms with Crippen molar-refractivity contribution in [2.45, 2.75) is 23.6 Å². The Balaban J connectivity index is 1.95. The van der Waals surface area contributed by atoms with Gasteiger partial charge in [-0.25, -0.2) is 16.8 Å².